The van der Waals surface area contributed by atoms with Crippen molar-refractivity contribution >= 4 is 16.0 Å². The van der Waals surface area contributed by atoms with Crippen molar-refractivity contribution in [2.45, 2.75) is 57.1 Å². The molecule has 3 aromatic heterocycles. The number of aromatic nitrogens is 6. The van der Waals surface area contributed by atoms with Crippen molar-refractivity contribution in [3.8, 4) is 22.6 Å². The smallest absolute Gasteiger partial charge is 0.237 e. The first kappa shape index (κ1) is 26.3. The van der Waals surface area contributed by atoms with Crippen LogP contribution in [0.3, 0.4) is 0 Å². The van der Waals surface area contributed by atoms with Crippen LogP contribution in [-0.2, 0) is 15.4 Å². The largest absolute Gasteiger partial charge is 0.251 e. The van der Waals surface area contributed by atoms with Crippen LogP contribution >= 0.6 is 0 Å². The number of fused-ring (bicyclic) bond motifs is 5. The Morgan fingerprint density at radius 1 is 1.02 bits per heavy atom. The summed E-state index contributed by atoms with van der Waals surface area (Å²) in [5.41, 5.74) is 2.05. The number of nitrogens with zero attached hydrogens (tertiary/aromatic N) is 6. The number of halogens is 2. The van der Waals surface area contributed by atoms with Gasteiger partial charge >= 0.3 is 0 Å². The Balaban J connectivity index is 1.40. The predicted octanol–water partition coefficient (Wildman–Crippen LogP) is 5.02. The Morgan fingerprint density at radius 3 is 2.40 bits per heavy atom. The quantitative estimate of drug-likeness (QED) is 0.347. The molecule has 2 bridgehead atoms. The van der Waals surface area contributed by atoms with Gasteiger partial charge in [0, 0.05) is 18.6 Å². The minimum Gasteiger partial charge on any atom is -0.251 e. The third-order valence-electron chi connectivity index (χ3n) is 8.46. The molecule has 2 aliphatic rings. The standard InChI is InChI=1S/C28H27F2N7O2S/c1-15(2)40(38,39)37-26-32-13-16(14-33-26)25-31-11-9-22(34-25)28-10-8-18(27(28,3)4)17-12-21(35-36-24(17)28)23-19(29)6-5-7-20(23)30/h5-7,9,11-15,18H,8,10H2,1-4H3,(H,32,33,37)/t18-,28+/m0/s1. The summed E-state index contributed by atoms with van der Waals surface area (Å²) < 4.78 is 55.8. The molecule has 206 valence electrons. The zero-order chi connectivity index (χ0) is 28.4. The molecular formula is C28H27F2N7O2S. The molecule has 12 heteroatoms. The summed E-state index contributed by atoms with van der Waals surface area (Å²) in [6.07, 6.45) is 6.25. The van der Waals surface area contributed by atoms with E-state index in [0.29, 0.717) is 11.4 Å². The van der Waals surface area contributed by atoms with E-state index in [9.17, 15) is 17.2 Å². The maximum atomic E-state index is 14.5. The van der Waals surface area contributed by atoms with Crippen molar-refractivity contribution in [3.05, 3.63) is 77.5 Å². The maximum absolute atomic E-state index is 14.5. The fraction of sp³-hybridized carbons (Fsp3) is 0.357. The molecule has 1 aromatic carbocycles. The molecule has 0 saturated heterocycles. The van der Waals surface area contributed by atoms with Crippen LogP contribution in [0.15, 0.2) is 48.9 Å². The van der Waals surface area contributed by atoms with Crippen molar-refractivity contribution in [1.82, 2.24) is 30.1 Å². The number of rotatable bonds is 6. The lowest BCUT2D eigenvalue weighted by atomic mass is 9.66. The third-order valence-corrected chi connectivity index (χ3v) is 10.2. The molecule has 1 N–H and O–H groups in total. The van der Waals surface area contributed by atoms with Gasteiger partial charge < -0.3 is 0 Å². The number of benzene rings is 1. The Morgan fingerprint density at radius 2 is 1.73 bits per heavy atom. The van der Waals surface area contributed by atoms with Gasteiger partial charge in [-0.2, -0.15) is 5.10 Å². The summed E-state index contributed by atoms with van der Waals surface area (Å²) in [5.74, 6) is -0.916. The first-order chi connectivity index (χ1) is 19.0. The lowest BCUT2D eigenvalue weighted by Crippen LogP contribution is -2.38. The molecule has 0 aliphatic heterocycles. The second kappa shape index (κ2) is 9.05. The predicted molar refractivity (Wildman–Crippen MR) is 145 cm³/mol. The number of sulfonamides is 1. The Labute approximate surface area is 230 Å². The Bertz CT molecular complexity index is 1730. The molecule has 40 heavy (non-hydrogen) atoms. The summed E-state index contributed by atoms with van der Waals surface area (Å²) in [4.78, 5) is 17.6. The van der Waals surface area contributed by atoms with Crippen LogP contribution in [0.1, 0.15) is 63.4 Å². The number of hydrogen-bond donors (Lipinski definition) is 1. The van der Waals surface area contributed by atoms with Gasteiger partial charge in [-0.25, -0.2) is 37.1 Å². The van der Waals surface area contributed by atoms with E-state index in [2.05, 4.69) is 43.7 Å². The van der Waals surface area contributed by atoms with Crippen LogP contribution < -0.4 is 4.72 Å². The maximum Gasteiger partial charge on any atom is 0.237 e. The van der Waals surface area contributed by atoms with E-state index in [1.54, 1.807) is 26.1 Å². The number of anilines is 1. The van der Waals surface area contributed by atoms with Gasteiger partial charge in [0.25, 0.3) is 0 Å². The van der Waals surface area contributed by atoms with Gasteiger partial charge in [-0.05, 0) is 67.9 Å². The van der Waals surface area contributed by atoms with Crippen LogP contribution in [0.4, 0.5) is 14.7 Å². The molecule has 0 unspecified atom stereocenters. The van der Waals surface area contributed by atoms with Crippen LogP contribution in [0, 0.1) is 17.0 Å². The molecule has 0 radical (unpaired) electrons. The van der Waals surface area contributed by atoms with Gasteiger partial charge in [-0.3, -0.25) is 4.72 Å². The molecule has 2 atom stereocenters. The molecule has 4 aromatic rings. The van der Waals surface area contributed by atoms with E-state index in [0.717, 1.165) is 29.8 Å². The summed E-state index contributed by atoms with van der Waals surface area (Å²) in [7, 11) is -3.58. The van der Waals surface area contributed by atoms with Gasteiger partial charge in [-0.15, -0.1) is 5.10 Å². The molecule has 9 nitrogen and oxygen atoms in total. The minimum atomic E-state index is -3.58. The van der Waals surface area contributed by atoms with Crippen molar-refractivity contribution in [3.63, 3.8) is 0 Å². The highest BCUT2D eigenvalue weighted by molar-refractivity contribution is 7.93. The van der Waals surface area contributed by atoms with Crippen molar-refractivity contribution in [2.75, 3.05) is 4.72 Å². The van der Waals surface area contributed by atoms with Gasteiger partial charge in [0.1, 0.15) is 11.6 Å². The van der Waals surface area contributed by atoms with E-state index >= 15 is 0 Å². The second-order valence-electron chi connectivity index (χ2n) is 11.1. The van der Waals surface area contributed by atoms with Crippen LogP contribution in [0.25, 0.3) is 22.6 Å². The molecular weight excluding hydrogens is 536 g/mol. The molecule has 3 heterocycles. The van der Waals surface area contributed by atoms with Crippen molar-refractivity contribution < 1.29 is 17.2 Å². The first-order valence-electron chi connectivity index (χ1n) is 13.0. The molecule has 1 saturated carbocycles. The molecule has 2 aliphatic carbocycles. The van der Waals surface area contributed by atoms with Gasteiger partial charge in [0.05, 0.1) is 38.9 Å². The zero-order valence-corrected chi connectivity index (χ0v) is 23.2. The van der Waals surface area contributed by atoms with E-state index in [-0.39, 0.29) is 28.5 Å². The van der Waals surface area contributed by atoms with Gasteiger partial charge in [0.2, 0.25) is 16.0 Å². The molecule has 0 amide bonds. The highest BCUT2D eigenvalue weighted by atomic mass is 32.2. The third kappa shape index (κ3) is 3.80. The Hall–Kier alpha value is -3.93. The van der Waals surface area contributed by atoms with Crippen LogP contribution in [0.5, 0.6) is 0 Å². The monoisotopic (exact) mass is 563 g/mol. The lowest BCUT2D eigenvalue weighted by Gasteiger charge is -2.37. The first-order valence-corrected chi connectivity index (χ1v) is 14.5. The van der Waals surface area contributed by atoms with Crippen molar-refractivity contribution in [2.24, 2.45) is 5.41 Å². The van der Waals surface area contributed by atoms with Crippen LogP contribution in [0.2, 0.25) is 0 Å². The average Bonchev–Trinajstić information content (AvgIpc) is 3.30. The number of nitrogens with one attached hydrogen (secondary N) is 1. The van der Waals surface area contributed by atoms with E-state index < -0.39 is 32.3 Å². The highest BCUT2D eigenvalue weighted by Crippen LogP contribution is 2.69. The van der Waals surface area contributed by atoms with Crippen molar-refractivity contribution in [1.29, 1.82) is 0 Å². The Kier molecular flexibility index (Phi) is 5.95. The molecule has 0 spiro atoms. The summed E-state index contributed by atoms with van der Waals surface area (Å²) in [6, 6.07) is 7.38. The average molecular weight is 564 g/mol. The van der Waals surface area contributed by atoms with E-state index in [1.165, 1.54) is 30.6 Å². The fourth-order valence-electron chi connectivity index (χ4n) is 6.23. The summed E-state index contributed by atoms with van der Waals surface area (Å²) in [5, 5.41) is 8.22. The van der Waals surface area contributed by atoms with Gasteiger partial charge in [0.15, 0.2) is 5.82 Å². The minimum absolute atomic E-state index is 0.0333. The highest BCUT2D eigenvalue weighted by Gasteiger charge is 2.65. The summed E-state index contributed by atoms with van der Waals surface area (Å²) in [6.45, 7) is 7.46. The van der Waals surface area contributed by atoms with E-state index in [4.69, 9.17) is 4.98 Å². The normalized spacial score (nSPS) is 21.0. The summed E-state index contributed by atoms with van der Waals surface area (Å²) >= 11 is 0. The fourth-order valence-corrected chi connectivity index (χ4v) is 6.83. The lowest BCUT2D eigenvalue weighted by molar-refractivity contribution is 0.243. The molecule has 1 fully saturated rings. The molecule has 6 rings (SSSR count). The zero-order valence-electron chi connectivity index (χ0n) is 22.4. The second-order valence-corrected chi connectivity index (χ2v) is 13.3. The SMILES string of the molecule is CC(C)S(=O)(=O)Nc1ncc(-c2nccc([C@]34CC[C@@H](c5cc(-c6c(F)cccc6F)nnc53)C4(C)C)n2)cn1. The van der Waals surface area contributed by atoms with Gasteiger partial charge in [-0.1, -0.05) is 19.9 Å². The van der Waals surface area contributed by atoms with Crippen LogP contribution in [-0.4, -0.2) is 43.8 Å². The van der Waals surface area contributed by atoms with E-state index in [1.807, 2.05) is 6.07 Å². The number of hydrogen-bond acceptors (Lipinski definition) is 8. The topological polar surface area (TPSA) is 124 Å².